The summed E-state index contributed by atoms with van der Waals surface area (Å²) in [6.07, 6.45) is 0. The second-order valence-corrected chi connectivity index (χ2v) is 5.09. The summed E-state index contributed by atoms with van der Waals surface area (Å²) in [7, 11) is 0. The average Bonchev–Trinajstić information content (AvgIpc) is 2.84. The van der Waals surface area contributed by atoms with Crippen molar-refractivity contribution in [1.82, 2.24) is 5.32 Å². The highest BCUT2D eigenvalue weighted by molar-refractivity contribution is 7.07. The third kappa shape index (κ3) is 3.32. The van der Waals surface area contributed by atoms with Crippen LogP contribution in [0, 0.1) is 0 Å². The van der Waals surface area contributed by atoms with Crippen molar-refractivity contribution in [3.05, 3.63) is 56.7 Å². The number of nitrogens with two attached hydrogens (primary N) is 1. The quantitative estimate of drug-likeness (QED) is 0.885. The number of primary amides is 1. The molecular weight excluding hydrogens is 268 g/mol. The lowest BCUT2D eigenvalue weighted by atomic mass is 10.1. The van der Waals surface area contributed by atoms with E-state index >= 15 is 0 Å². The fourth-order valence-corrected chi connectivity index (χ4v) is 2.49. The van der Waals surface area contributed by atoms with E-state index in [4.69, 9.17) is 17.3 Å². The zero-order valence-electron chi connectivity index (χ0n) is 9.65. The summed E-state index contributed by atoms with van der Waals surface area (Å²) < 4.78 is 0. The van der Waals surface area contributed by atoms with Gasteiger partial charge in [0.25, 0.3) is 0 Å². The van der Waals surface area contributed by atoms with Crippen molar-refractivity contribution >= 4 is 28.8 Å². The van der Waals surface area contributed by atoms with Gasteiger partial charge in [0.15, 0.2) is 0 Å². The van der Waals surface area contributed by atoms with Crippen molar-refractivity contribution in [3.8, 4) is 0 Å². The molecule has 0 saturated heterocycles. The van der Waals surface area contributed by atoms with Gasteiger partial charge in [-0.2, -0.15) is 11.3 Å². The fourth-order valence-electron chi connectivity index (χ4n) is 1.58. The summed E-state index contributed by atoms with van der Waals surface area (Å²) in [5.41, 5.74) is 7.83. The first-order valence-electron chi connectivity index (χ1n) is 5.47. The molecule has 3 nitrogen and oxygen atoms in total. The molecule has 3 N–H and O–H groups in total. The summed E-state index contributed by atoms with van der Waals surface area (Å²) in [4.78, 5) is 11.0. The molecule has 0 unspecified atom stereocenters. The van der Waals surface area contributed by atoms with Crippen molar-refractivity contribution in [2.75, 3.05) is 0 Å². The van der Waals surface area contributed by atoms with Crippen LogP contribution in [0.5, 0.6) is 0 Å². The molecule has 1 heterocycles. The molecule has 0 spiro atoms. The highest BCUT2D eigenvalue weighted by atomic mass is 35.5. The molecule has 2 rings (SSSR count). The Morgan fingerprint density at radius 2 is 2.17 bits per heavy atom. The largest absolute Gasteiger partial charge is 0.366 e. The summed E-state index contributed by atoms with van der Waals surface area (Å²) in [5.74, 6) is -0.463. The van der Waals surface area contributed by atoms with Gasteiger partial charge < -0.3 is 11.1 Å². The van der Waals surface area contributed by atoms with Crippen LogP contribution in [0.4, 0.5) is 0 Å². The maximum absolute atomic E-state index is 11.0. The van der Waals surface area contributed by atoms with Gasteiger partial charge in [-0.1, -0.05) is 17.7 Å². The van der Waals surface area contributed by atoms with Crippen LogP contribution in [-0.2, 0) is 13.1 Å². The van der Waals surface area contributed by atoms with E-state index in [2.05, 4.69) is 16.8 Å². The Morgan fingerprint density at radius 3 is 2.78 bits per heavy atom. The maximum atomic E-state index is 11.0. The van der Waals surface area contributed by atoms with Crippen LogP contribution in [0.2, 0.25) is 5.02 Å². The Kier molecular flexibility index (Phi) is 4.36. The van der Waals surface area contributed by atoms with Crippen molar-refractivity contribution in [1.29, 1.82) is 0 Å². The van der Waals surface area contributed by atoms with E-state index in [0.717, 1.165) is 12.1 Å². The predicted molar refractivity (Wildman–Crippen MR) is 74.8 cm³/mol. The molecule has 1 aromatic carbocycles. The fraction of sp³-hybridized carbons (Fsp3) is 0.154. The first kappa shape index (κ1) is 13.1. The molecule has 1 amide bonds. The van der Waals surface area contributed by atoms with Crippen LogP contribution in [0.15, 0.2) is 35.0 Å². The summed E-state index contributed by atoms with van der Waals surface area (Å²) in [6.45, 7) is 1.46. The van der Waals surface area contributed by atoms with Gasteiger partial charge in [-0.15, -0.1) is 0 Å². The molecule has 0 aliphatic rings. The van der Waals surface area contributed by atoms with E-state index in [1.165, 1.54) is 5.56 Å². The first-order valence-corrected chi connectivity index (χ1v) is 6.79. The van der Waals surface area contributed by atoms with Gasteiger partial charge in [-0.05, 0) is 40.1 Å². The van der Waals surface area contributed by atoms with Crippen molar-refractivity contribution in [3.63, 3.8) is 0 Å². The molecule has 0 aliphatic carbocycles. The van der Waals surface area contributed by atoms with E-state index in [0.29, 0.717) is 17.1 Å². The zero-order chi connectivity index (χ0) is 13.0. The number of hydrogen-bond donors (Lipinski definition) is 2. The Labute approximate surface area is 115 Å². The second kappa shape index (κ2) is 6.00. The van der Waals surface area contributed by atoms with Crippen molar-refractivity contribution < 1.29 is 4.79 Å². The Bertz CT molecular complexity index is 540. The molecular formula is C13H13ClN2OS. The molecule has 0 fully saturated rings. The Morgan fingerprint density at radius 1 is 1.33 bits per heavy atom. The molecule has 94 valence electrons. The maximum Gasteiger partial charge on any atom is 0.248 e. The van der Waals surface area contributed by atoms with E-state index < -0.39 is 5.91 Å². The number of benzene rings is 1. The monoisotopic (exact) mass is 280 g/mol. The number of carbonyl (C=O) groups excluding carboxylic acids is 1. The normalized spacial score (nSPS) is 10.5. The molecule has 5 heteroatoms. The molecule has 18 heavy (non-hydrogen) atoms. The smallest absolute Gasteiger partial charge is 0.248 e. The van der Waals surface area contributed by atoms with Crippen LogP contribution in [0.25, 0.3) is 0 Å². The first-order chi connectivity index (χ1) is 8.66. The standard InChI is InChI=1S/C13H13ClN2OS/c14-12-5-10(13(15)17)1-2-11(12)7-16-6-9-3-4-18-8-9/h1-5,8,16H,6-7H2,(H2,15,17). The molecule has 2 aromatic rings. The minimum Gasteiger partial charge on any atom is -0.366 e. The van der Waals surface area contributed by atoms with Gasteiger partial charge >= 0.3 is 0 Å². The summed E-state index contributed by atoms with van der Waals surface area (Å²) >= 11 is 7.77. The van der Waals surface area contributed by atoms with Crippen molar-refractivity contribution in [2.45, 2.75) is 13.1 Å². The summed E-state index contributed by atoms with van der Waals surface area (Å²) in [6, 6.07) is 7.19. The molecule has 0 bridgehead atoms. The zero-order valence-corrected chi connectivity index (χ0v) is 11.2. The number of rotatable bonds is 5. The number of thiophene rings is 1. The topological polar surface area (TPSA) is 55.1 Å². The molecule has 0 saturated carbocycles. The number of amides is 1. The number of nitrogens with one attached hydrogen (secondary N) is 1. The third-order valence-electron chi connectivity index (χ3n) is 2.56. The van der Waals surface area contributed by atoms with Gasteiger partial charge in [-0.25, -0.2) is 0 Å². The van der Waals surface area contributed by atoms with E-state index in [-0.39, 0.29) is 0 Å². The predicted octanol–water partition coefficient (Wildman–Crippen LogP) is 2.79. The van der Waals surface area contributed by atoms with Gasteiger partial charge in [0.1, 0.15) is 0 Å². The van der Waals surface area contributed by atoms with Gasteiger partial charge in [-0.3, -0.25) is 4.79 Å². The van der Waals surface area contributed by atoms with E-state index in [1.54, 1.807) is 23.5 Å². The van der Waals surface area contributed by atoms with Gasteiger partial charge in [0.2, 0.25) is 5.91 Å². The Hall–Kier alpha value is -1.36. The van der Waals surface area contributed by atoms with Crippen LogP contribution < -0.4 is 11.1 Å². The van der Waals surface area contributed by atoms with Crippen LogP contribution in [0.3, 0.4) is 0 Å². The third-order valence-corrected chi connectivity index (χ3v) is 3.65. The Balaban J connectivity index is 1.95. The lowest BCUT2D eigenvalue weighted by Gasteiger charge is -2.07. The average molecular weight is 281 g/mol. The van der Waals surface area contributed by atoms with Gasteiger partial charge in [0, 0.05) is 23.7 Å². The highest BCUT2D eigenvalue weighted by Gasteiger charge is 2.05. The molecule has 0 atom stereocenters. The number of hydrogen-bond acceptors (Lipinski definition) is 3. The SMILES string of the molecule is NC(=O)c1ccc(CNCc2ccsc2)c(Cl)c1. The number of halogens is 1. The lowest BCUT2D eigenvalue weighted by molar-refractivity contribution is 0.100. The molecule has 0 aliphatic heterocycles. The minimum absolute atomic E-state index is 0.432. The summed E-state index contributed by atoms with van der Waals surface area (Å²) in [5, 5.41) is 8.01. The van der Waals surface area contributed by atoms with E-state index in [9.17, 15) is 4.79 Å². The van der Waals surface area contributed by atoms with E-state index in [1.807, 2.05) is 11.4 Å². The highest BCUT2D eigenvalue weighted by Crippen LogP contribution is 2.18. The lowest BCUT2D eigenvalue weighted by Crippen LogP contribution is -2.14. The molecule has 0 radical (unpaired) electrons. The van der Waals surface area contributed by atoms with Crippen LogP contribution in [0.1, 0.15) is 21.5 Å². The van der Waals surface area contributed by atoms with Crippen LogP contribution in [-0.4, -0.2) is 5.91 Å². The second-order valence-electron chi connectivity index (χ2n) is 3.91. The molecule has 1 aromatic heterocycles. The van der Waals surface area contributed by atoms with Crippen LogP contribution >= 0.6 is 22.9 Å². The van der Waals surface area contributed by atoms with Crippen molar-refractivity contribution in [2.24, 2.45) is 5.73 Å². The minimum atomic E-state index is -0.463. The van der Waals surface area contributed by atoms with Gasteiger partial charge in [0.05, 0.1) is 0 Å². The number of carbonyl (C=O) groups is 1.